The van der Waals surface area contributed by atoms with Gasteiger partial charge < -0.3 is 28.7 Å². The average Bonchev–Trinajstić information content (AvgIpc) is 2.77. The molecule has 0 N–H and O–H groups in total. The van der Waals surface area contributed by atoms with Gasteiger partial charge in [-0.3, -0.25) is 9.59 Å². The van der Waals surface area contributed by atoms with Crippen LogP contribution < -0.4 is 0 Å². The first-order chi connectivity index (χ1) is 16.3. The molecular formula is C23H39ClN2O10. The first kappa shape index (κ1) is 39.8. The van der Waals surface area contributed by atoms with Crippen LogP contribution in [0.15, 0.2) is 24.0 Å². The monoisotopic (exact) mass is 538 g/mol. The fourth-order valence-electron chi connectivity index (χ4n) is 1.57. The Balaban J connectivity index is -0.000000230. The maximum Gasteiger partial charge on any atom is 0.391 e. The van der Waals surface area contributed by atoms with Crippen molar-refractivity contribution in [2.75, 3.05) is 54.6 Å². The van der Waals surface area contributed by atoms with Crippen molar-refractivity contribution < 1.29 is 47.7 Å². The number of esters is 4. The highest BCUT2D eigenvalue weighted by Crippen LogP contribution is 2.03. The zero-order valence-corrected chi connectivity index (χ0v) is 22.2. The molecule has 0 heterocycles. The van der Waals surface area contributed by atoms with Gasteiger partial charge in [-0.05, 0) is 39.3 Å². The summed E-state index contributed by atoms with van der Waals surface area (Å²) in [5.74, 6) is -4.18. The van der Waals surface area contributed by atoms with Crippen molar-refractivity contribution in [2.24, 2.45) is 0 Å². The van der Waals surface area contributed by atoms with Crippen LogP contribution in [0, 0.1) is 0 Å². The van der Waals surface area contributed by atoms with Crippen molar-refractivity contribution in [2.45, 2.75) is 35.1 Å². The molecule has 0 aliphatic carbocycles. The van der Waals surface area contributed by atoms with Gasteiger partial charge >= 0.3 is 29.1 Å². The van der Waals surface area contributed by atoms with Gasteiger partial charge in [-0.2, -0.15) is 0 Å². The van der Waals surface area contributed by atoms with E-state index in [1.165, 1.54) is 17.2 Å². The van der Waals surface area contributed by atoms with Gasteiger partial charge in [-0.25, -0.2) is 19.2 Å². The molecular weight excluding hydrogens is 500 g/mol. The van der Waals surface area contributed by atoms with Crippen LogP contribution in [0.1, 0.15) is 35.1 Å². The molecule has 208 valence electrons. The number of carbonyl (C=O) groups excluding carboxylic acids is 6. The number of Topliss-reactive ketones (excluding diaryl/α,β-unsaturated/α-hetero) is 1. The van der Waals surface area contributed by atoms with Gasteiger partial charge in [0.05, 0.1) is 26.4 Å². The number of rotatable bonds is 11. The van der Waals surface area contributed by atoms with E-state index in [0.717, 1.165) is 0 Å². The predicted molar refractivity (Wildman–Crippen MR) is 134 cm³/mol. The number of nitrogens with zero attached hydrogens (tertiary/aromatic N) is 2. The third-order valence-corrected chi connectivity index (χ3v) is 2.97. The smallest absolute Gasteiger partial charge is 0.391 e. The molecule has 0 amide bonds. The first-order valence-electron chi connectivity index (χ1n) is 10.4. The highest BCUT2D eigenvalue weighted by molar-refractivity contribution is 6.80. The van der Waals surface area contributed by atoms with E-state index in [1.807, 2.05) is 14.1 Å². The molecule has 13 heteroatoms. The molecule has 0 atom stereocenters. The van der Waals surface area contributed by atoms with Crippen LogP contribution in [0.4, 0.5) is 0 Å². The summed E-state index contributed by atoms with van der Waals surface area (Å²) in [6.07, 6.45) is 4.28. The Morgan fingerprint density at radius 1 is 0.667 bits per heavy atom. The summed E-state index contributed by atoms with van der Waals surface area (Å²) in [7, 11) is 6.93. The molecule has 0 aromatic rings. The predicted octanol–water partition coefficient (Wildman–Crippen LogP) is 1.70. The number of hydrogen-bond donors (Lipinski definition) is 0. The first-order valence-corrected chi connectivity index (χ1v) is 10.8. The maximum atomic E-state index is 11.6. The zero-order valence-electron chi connectivity index (χ0n) is 21.4. The molecule has 0 spiro atoms. The number of halogens is 1. The Kier molecular flexibility index (Phi) is 27.3. The molecule has 0 aliphatic heterocycles. The second-order valence-electron chi connectivity index (χ2n) is 6.30. The molecule has 12 nitrogen and oxygen atoms in total. The summed E-state index contributed by atoms with van der Waals surface area (Å²) < 4.78 is 18.1. The summed E-state index contributed by atoms with van der Waals surface area (Å²) in [5, 5.41) is -1.08. The Hall–Kier alpha value is -3.41. The lowest BCUT2D eigenvalue weighted by atomic mass is 10.2. The van der Waals surface area contributed by atoms with E-state index in [4.69, 9.17) is 16.3 Å². The Morgan fingerprint density at radius 2 is 1.08 bits per heavy atom. The van der Waals surface area contributed by atoms with E-state index in [-0.39, 0.29) is 38.8 Å². The van der Waals surface area contributed by atoms with E-state index in [1.54, 1.807) is 52.9 Å². The number of carbonyl (C=O) groups is 6. The highest BCUT2D eigenvalue weighted by atomic mass is 35.5. The summed E-state index contributed by atoms with van der Waals surface area (Å²) in [4.78, 5) is 68.1. The van der Waals surface area contributed by atoms with E-state index in [2.05, 4.69) is 14.2 Å². The lowest BCUT2D eigenvalue weighted by Crippen LogP contribution is -2.26. The van der Waals surface area contributed by atoms with Gasteiger partial charge in [-0.15, -0.1) is 0 Å². The van der Waals surface area contributed by atoms with Crippen LogP contribution in [0.5, 0.6) is 0 Å². The van der Waals surface area contributed by atoms with Crippen LogP contribution >= 0.6 is 11.6 Å². The SMILES string of the molecule is C.CCOC(=O)/C=C/N(C)C.CCOC(=O)C(=O)C(=CN(C)C)C(=O)OCC.CCOC(=O)C(=O)Cl. The van der Waals surface area contributed by atoms with Gasteiger partial charge in [0.25, 0.3) is 5.78 Å². The van der Waals surface area contributed by atoms with E-state index >= 15 is 0 Å². The maximum absolute atomic E-state index is 11.6. The van der Waals surface area contributed by atoms with E-state index in [9.17, 15) is 28.8 Å². The van der Waals surface area contributed by atoms with Gasteiger partial charge in [0, 0.05) is 46.7 Å². The van der Waals surface area contributed by atoms with Gasteiger partial charge in [0.2, 0.25) is 0 Å². The second-order valence-corrected chi connectivity index (χ2v) is 6.65. The summed E-state index contributed by atoms with van der Waals surface area (Å²) >= 11 is 4.69. The summed E-state index contributed by atoms with van der Waals surface area (Å²) in [6.45, 7) is 7.36. The second kappa shape index (κ2) is 24.7. The minimum Gasteiger partial charge on any atom is -0.463 e. The molecule has 0 rings (SSSR count). The molecule has 0 saturated carbocycles. The summed E-state index contributed by atoms with van der Waals surface area (Å²) in [5.41, 5.74) is -0.338. The zero-order chi connectivity index (χ0) is 28.0. The van der Waals surface area contributed by atoms with Gasteiger partial charge in [-0.1, -0.05) is 7.43 Å². The molecule has 0 unspecified atom stereocenters. The molecule has 0 bridgehead atoms. The third kappa shape index (κ3) is 23.7. The fourth-order valence-corrected chi connectivity index (χ4v) is 1.62. The van der Waals surface area contributed by atoms with Gasteiger partial charge in [0.15, 0.2) is 0 Å². The van der Waals surface area contributed by atoms with Crippen LogP contribution in [0.2, 0.25) is 0 Å². The third-order valence-electron chi connectivity index (χ3n) is 2.82. The van der Waals surface area contributed by atoms with E-state index < -0.39 is 28.9 Å². The van der Waals surface area contributed by atoms with Crippen LogP contribution in [-0.4, -0.2) is 99.3 Å². The molecule has 0 radical (unpaired) electrons. The molecule has 0 aromatic heterocycles. The molecule has 0 saturated heterocycles. The van der Waals surface area contributed by atoms with Gasteiger partial charge in [0.1, 0.15) is 5.57 Å². The van der Waals surface area contributed by atoms with Crippen molar-refractivity contribution in [1.82, 2.24) is 9.80 Å². The highest BCUT2D eigenvalue weighted by Gasteiger charge is 2.27. The molecule has 0 fully saturated rings. The average molecular weight is 539 g/mol. The van der Waals surface area contributed by atoms with Crippen molar-refractivity contribution in [3.8, 4) is 0 Å². The lowest BCUT2D eigenvalue weighted by Gasteiger charge is -2.09. The largest absolute Gasteiger partial charge is 0.463 e. The van der Waals surface area contributed by atoms with Crippen molar-refractivity contribution >= 4 is 46.5 Å². The van der Waals surface area contributed by atoms with Crippen molar-refractivity contribution in [1.29, 1.82) is 0 Å². The lowest BCUT2D eigenvalue weighted by molar-refractivity contribution is -0.154. The van der Waals surface area contributed by atoms with Crippen LogP contribution in [0.3, 0.4) is 0 Å². The van der Waals surface area contributed by atoms with Crippen molar-refractivity contribution in [3.05, 3.63) is 24.0 Å². The fraction of sp³-hybridized carbons (Fsp3) is 0.565. The molecule has 0 aromatic carbocycles. The Labute approximate surface area is 218 Å². The van der Waals surface area contributed by atoms with Crippen molar-refractivity contribution in [3.63, 3.8) is 0 Å². The number of ketones is 1. The Morgan fingerprint density at radius 3 is 1.42 bits per heavy atom. The van der Waals surface area contributed by atoms with Crippen LogP contribution in [-0.2, 0) is 47.7 Å². The molecule has 0 aliphatic rings. The minimum atomic E-state index is -1.08. The summed E-state index contributed by atoms with van der Waals surface area (Å²) in [6, 6.07) is 0. The quantitative estimate of drug-likeness (QED) is 0.0717. The number of ether oxygens (including phenoxy) is 4. The number of hydrogen-bond acceptors (Lipinski definition) is 12. The minimum absolute atomic E-state index is 0. The van der Waals surface area contributed by atoms with Crippen LogP contribution in [0.25, 0.3) is 0 Å². The van der Waals surface area contributed by atoms with E-state index in [0.29, 0.717) is 6.61 Å². The standard InChI is InChI=1S/C11H17NO5.C7H13NO2.C4H5ClO3.CH4/c1-5-16-10(14)8(7-12(3)4)9(13)11(15)17-6-2;1-4-10-7(9)5-6-8(2)3;1-2-8-4(7)3(5)6;/h7H,5-6H2,1-4H3;5-6H,4H2,1-3H3;2H2,1H3;1H4/b;6-5+;;. The topological polar surface area (TPSA) is 146 Å². The Bertz CT molecular complexity index is 762. The molecule has 36 heavy (non-hydrogen) atoms. The normalized spacial score (nSPS) is 9.64.